The van der Waals surface area contributed by atoms with Crippen molar-refractivity contribution in [1.82, 2.24) is 15.3 Å². The Morgan fingerprint density at radius 2 is 1.81 bits per heavy atom. The Morgan fingerprint density at radius 3 is 2.43 bits per heavy atom. The fourth-order valence-electron chi connectivity index (χ4n) is 2.60. The van der Waals surface area contributed by atoms with E-state index in [0.717, 1.165) is 29.7 Å². The molecule has 1 N–H and O–H groups in total. The van der Waals surface area contributed by atoms with E-state index in [1.54, 1.807) is 12.4 Å². The lowest BCUT2D eigenvalue weighted by atomic mass is 10.0. The predicted octanol–water partition coefficient (Wildman–Crippen LogP) is 2.97. The molecule has 0 aliphatic heterocycles. The van der Waals surface area contributed by atoms with E-state index >= 15 is 0 Å². The van der Waals surface area contributed by atoms with E-state index in [1.165, 1.54) is 0 Å². The van der Waals surface area contributed by atoms with Crippen LogP contribution in [0.25, 0.3) is 0 Å². The summed E-state index contributed by atoms with van der Waals surface area (Å²) in [6, 6.07) is 7.69. The van der Waals surface area contributed by atoms with Gasteiger partial charge in [0.25, 0.3) is 5.91 Å². The van der Waals surface area contributed by atoms with Crippen LogP contribution < -0.4 is 5.32 Å². The minimum Gasteiger partial charge on any atom is -0.342 e. The Balaban J connectivity index is 1.85. The van der Waals surface area contributed by atoms with Gasteiger partial charge in [0, 0.05) is 12.4 Å². The van der Waals surface area contributed by atoms with Gasteiger partial charge in [-0.15, -0.1) is 0 Å². The van der Waals surface area contributed by atoms with E-state index < -0.39 is 0 Å². The number of aromatic nitrogens is 2. The van der Waals surface area contributed by atoms with Crippen LogP contribution in [-0.2, 0) is 0 Å². The standard InChI is InChI=1S/C17H19N3O/c1-11-5-3-9-18-14(11)16(13-7-8-13)20-17(21)15-12(2)6-4-10-19-15/h3-6,9-10,13,16H,7-8H2,1-2H3,(H,20,21)/t16-/m1/s1. The van der Waals surface area contributed by atoms with Crippen molar-refractivity contribution in [3.63, 3.8) is 0 Å². The van der Waals surface area contributed by atoms with Gasteiger partial charge in [-0.3, -0.25) is 14.8 Å². The molecule has 0 spiro atoms. The second-order valence-corrected chi connectivity index (χ2v) is 5.66. The summed E-state index contributed by atoms with van der Waals surface area (Å²) in [5, 5.41) is 3.13. The molecule has 2 aromatic heterocycles. The quantitative estimate of drug-likeness (QED) is 0.937. The molecule has 108 valence electrons. The van der Waals surface area contributed by atoms with Gasteiger partial charge >= 0.3 is 0 Å². The Morgan fingerprint density at radius 1 is 1.14 bits per heavy atom. The van der Waals surface area contributed by atoms with Gasteiger partial charge < -0.3 is 5.32 Å². The van der Waals surface area contributed by atoms with Gasteiger partial charge in [0.2, 0.25) is 0 Å². The first-order valence-electron chi connectivity index (χ1n) is 7.31. The largest absolute Gasteiger partial charge is 0.342 e. The Bertz CT molecular complexity index is 665. The summed E-state index contributed by atoms with van der Waals surface area (Å²) >= 11 is 0. The maximum absolute atomic E-state index is 12.5. The predicted molar refractivity (Wildman–Crippen MR) is 80.9 cm³/mol. The smallest absolute Gasteiger partial charge is 0.270 e. The lowest BCUT2D eigenvalue weighted by Gasteiger charge is -2.19. The van der Waals surface area contributed by atoms with Crippen molar-refractivity contribution in [2.75, 3.05) is 0 Å². The zero-order chi connectivity index (χ0) is 14.8. The number of carbonyl (C=O) groups excluding carboxylic acids is 1. The average molecular weight is 281 g/mol. The second-order valence-electron chi connectivity index (χ2n) is 5.66. The van der Waals surface area contributed by atoms with E-state index in [4.69, 9.17) is 0 Å². The SMILES string of the molecule is Cc1cccnc1C(=O)N[C@@H](c1ncccc1C)C1CC1. The molecular weight excluding hydrogens is 262 g/mol. The third-order valence-corrected chi connectivity index (χ3v) is 3.95. The number of pyridine rings is 2. The number of carbonyl (C=O) groups is 1. The number of rotatable bonds is 4. The van der Waals surface area contributed by atoms with Crippen LogP contribution in [0.5, 0.6) is 0 Å². The molecule has 1 fully saturated rings. The highest BCUT2D eigenvalue weighted by Crippen LogP contribution is 2.41. The van der Waals surface area contributed by atoms with Gasteiger partial charge in [0.15, 0.2) is 0 Å². The summed E-state index contributed by atoms with van der Waals surface area (Å²) in [5.41, 5.74) is 3.48. The van der Waals surface area contributed by atoms with E-state index in [9.17, 15) is 4.79 Å². The molecule has 0 bridgehead atoms. The van der Waals surface area contributed by atoms with Crippen LogP contribution in [0, 0.1) is 19.8 Å². The molecule has 1 aliphatic rings. The third-order valence-electron chi connectivity index (χ3n) is 3.95. The number of hydrogen-bond donors (Lipinski definition) is 1. The fraction of sp³-hybridized carbons (Fsp3) is 0.353. The number of nitrogens with zero attached hydrogens (tertiary/aromatic N) is 2. The van der Waals surface area contributed by atoms with Crippen LogP contribution in [0.2, 0.25) is 0 Å². The highest BCUT2D eigenvalue weighted by molar-refractivity contribution is 5.93. The first kappa shape index (κ1) is 13.7. The van der Waals surface area contributed by atoms with Gasteiger partial charge in [0.1, 0.15) is 5.69 Å². The molecule has 0 unspecified atom stereocenters. The summed E-state index contributed by atoms with van der Waals surface area (Å²) in [4.78, 5) is 21.2. The monoisotopic (exact) mass is 281 g/mol. The van der Waals surface area contributed by atoms with Crippen molar-refractivity contribution in [3.05, 3.63) is 59.2 Å². The number of aryl methyl sites for hydroxylation is 2. The van der Waals surface area contributed by atoms with Crippen molar-refractivity contribution in [3.8, 4) is 0 Å². The molecule has 0 saturated heterocycles. The minimum atomic E-state index is -0.116. The molecule has 0 radical (unpaired) electrons. The minimum absolute atomic E-state index is 0.0138. The Hall–Kier alpha value is -2.23. The molecule has 21 heavy (non-hydrogen) atoms. The summed E-state index contributed by atoms with van der Waals surface area (Å²) in [7, 11) is 0. The van der Waals surface area contributed by atoms with Gasteiger partial charge in [-0.1, -0.05) is 12.1 Å². The van der Waals surface area contributed by atoms with Crippen molar-refractivity contribution >= 4 is 5.91 Å². The van der Waals surface area contributed by atoms with Crippen molar-refractivity contribution in [1.29, 1.82) is 0 Å². The van der Waals surface area contributed by atoms with Crippen LogP contribution >= 0.6 is 0 Å². The van der Waals surface area contributed by atoms with Crippen molar-refractivity contribution in [2.24, 2.45) is 5.92 Å². The average Bonchev–Trinajstić information content (AvgIpc) is 3.30. The van der Waals surface area contributed by atoms with E-state index in [-0.39, 0.29) is 11.9 Å². The van der Waals surface area contributed by atoms with Crippen LogP contribution in [0.4, 0.5) is 0 Å². The van der Waals surface area contributed by atoms with Gasteiger partial charge in [-0.05, 0) is 55.9 Å². The maximum atomic E-state index is 12.5. The molecule has 4 nitrogen and oxygen atoms in total. The zero-order valence-electron chi connectivity index (χ0n) is 12.3. The van der Waals surface area contributed by atoms with Crippen LogP contribution in [0.3, 0.4) is 0 Å². The summed E-state index contributed by atoms with van der Waals surface area (Å²) in [5.74, 6) is 0.377. The molecule has 2 heterocycles. The normalized spacial score (nSPS) is 15.5. The van der Waals surface area contributed by atoms with Gasteiger partial charge in [0.05, 0.1) is 11.7 Å². The highest BCUT2D eigenvalue weighted by Gasteiger charge is 2.35. The molecule has 4 heteroatoms. The molecule has 3 rings (SSSR count). The number of amides is 1. The Labute approximate surface area is 124 Å². The molecule has 1 aliphatic carbocycles. The fourth-order valence-corrected chi connectivity index (χ4v) is 2.60. The second kappa shape index (κ2) is 5.64. The van der Waals surface area contributed by atoms with Crippen molar-refractivity contribution < 1.29 is 4.79 Å². The number of hydrogen-bond acceptors (Lipinski definition) is 3. The Kier molecular flexibility index (Phi) is 3.69. The summed E-state index contributed by atoms with van der Waals surface area (Å²) in [6.07, 6.45) is 5.72. The molecule has 2 aromatic rings. The van der Waals surface area contributed by atoms with E-state index in [1.807, 2.05) is 38.1 Å². The molecule has 1 atom stereocenters. The van der Waals surface area contributed by atoms with Gasteiger partial charge in [-0.25, -0.2) is 0 Å². The molecular formula is C17H19N3O. The van der Waals surface area contributed by atoms with Gasteiger partial charge in [-0.2, -0.15) is 0 Å². The number of nitrogens with one attached hydrogen (secondary N) is 1. The van der Waals surface area contributed by atoms with Crippen LogP contribution in [-0.4, -0.2) is 15.9 Å². The lowest BCUT2D eigenvalue weighted by Crippen LogP contribution is -2.32. The molecule has 1 amide bonds. The van der Waals surface area contributed by atoms with Crippen molar-refractivity contribution in [2.45, 2.75) is 32.7 Å². The van der Waals surface area contributed by atoms with Crippen LogP contribution in [0.15, 0.2) is 36.7 Å². The van der Waals surface area contributed by atoms with Crippen LogP contribution in [0.1, 0.15) is 46.2 Å². The van der Waals surface area contributed by atoms with E-state index in [2.05, 4.69) is 15.3 Å². The summed E-state index contributed by atoms with van der Waals surface area (Å²) < 4.78 is 0. The first-order chi connectivity index (χ1) is 10.2. The lowest BCUT2D eigenvalue weighted by molar-refractivity contribution is 0.0925. The third kappa shape index (κ3) is 2.94. The first-order valence-corrected chi connectivity index (χ1v) is 7.31. The zero-order valence-corrected chi connectivity index (χ0v) is 12.3. The molecule has 1 saturated carbocycles. The maximum Gasteiger partial charge on any atom is 0.270 e. The summed E-state index contributed by atoms with van der Waals surface area (Å²) in [6.45, 7) is 3.94. The topological polar surface area (TPSA) is 54.9 Å². The van der Waals surface area contributed by atoms with E-state index in [0.29, 0.717) is 11.6 Å². The molecule has 0 aromatic carbocycles. The highest BCUT2D eigenvalue weighted by atomic mass is 16.2.